The van der Waals surface area contributed by atoms with Crippen molar-refractivity contribution >= 4 is 17.7 Å². The maximum Gasteiger partial charge on any atom is 0.337 e. The number of carbonyl (C=O) groups excluding carboxylic acids is 2. The summed E-state index contributed by atoms with van der Waals surface area (Å²) in [7, 11) is 1.32. The van der Waals surface area contributed by atoms with Crippen LogP contribution in [0.3, 0.4) is 0 Å². The topological polar surface area (TPSA) is 130 Å². The summed E-state index contributed by atoms with van der Waals surface area (Å²) in [6, 6.07) is 15.4. The van der Waals surface area contributed by atoms with Crippen LogP contribution in [0.1, 0.15) is 50.9 Å². The second-order valence-corrected chi connectivity index (χ2v) is 9.36. The van der Waals surface area contributed by atoms with Gasteiger partial charge >= 0.3 is 11.9 Å². The van der Waals surface area contributed by atoms with E-state index in [0.717, 1.165) is 5.56 Å². The van der Waals surface area contributed by atoms with Gasteiger partial charge in [-0.25, -0.2) is 19.6 Å². The Morgan fingerprint density at radius 1 is 1.16 bits per heavy atom. The monoisotopic (exact) mass is 493 g/mol. The standard InChI is InChI=1S/C29H23N3O5/c1-16-23-11-10-20-15-31-26(17-6-8-18(9-7-17)28(36)37-2)32-25(20)29(23,13-21(14-30)24(16)33)22-5-3-4-19(12-22)27(34)35/h3-9,12-13,15-16,23H,10-11H2,1-2H3,(H,34,35)/t16-,23-,29+/m0/s1. The van der Waals surface area contributed by atoms with Crippen molar-refractivity contribution < 1.29 is 24.2 Å². The fourth-order valence-corrected chi connectivity index (χ4v) is 5.65. The number of nitriles is 1. The number of ketones is 1. The lowest BCUT2D eigenvalue weighted by atomic mass is 9.54. The summed E-state index contributed by atoms with van der Waals surface area (Å²) >= 11 is 0. The third-order valence-electron chi connectivity index (χ3n) is 7.49. The predicted molar refractivity (Wildman–Crippen MR) is 133 cm³/mol. The van der Waals surface area contributed by atoms with Crippen LogP contribution in [0.4, 0.5) is 0 Å². The number of allylic oxidation sites excluding steroid dienone is 2. The van der Waals surface area contributed by atoms with Crippen LogP contribution < -0.4 is 0 Å². The van der Waals surface area contributed by atoms with Crippen LogP contribution in [0.15, 0.2) is 66.4 Å². The first kappa shape index (κ1) is 24.1. The molecule has 0 bridgehead atoms. The number of ether oxygens (including phenoxy) is 1. The molecule has 184 valence electrons. The number of carboxylic acid groups (broad SMARTS) is 1. The minimum atomic E-state index is -1.07. The number of hydrogen-bond donors (Lipinski definition) is 1. The molecule has 0 unspecified atom stereocenters. The van der Waals surface area contributed by atoms with Gasteiger partial charge in [0.15, 0.2) is 11.6 Å². The van der Waals surface area contributed by atoms with Gasteiger partial charge in [-0.2, -0.15) is 5.26 Å². The Morgan fingerprint density at radius 2 is 1.92 bits per heavy atom. The van der Waals surface area contributed by atoms with Crippen molar-refractivity contribution in [3.63, 3.8) is 0 Å². The molecule has 5 rings (SSSR count). The number of carboxylic acids is 1. The van der Waals surface area contributed by atoms with Crippen molar-refractivity contribution in [3.8, 4) is 17.5 Å². The van der Waals surface area contributed by atoms with Gasteiger partial charge in [0.25, 0.3) is 0 Å². The Labute approximate surface area is 213 Å². The van der Waals surface area contributed by atoms with Crippen LogP contribution in [0.5, 0.6) is 0 Å². The van der Waals surface area contributed by atoms with E-state index in [4.69, 9.17) is 9.72 Å². The third kappa shape index (κ3) is 3.80. The predicted octanol–water partition coefficient (Wildman–Crippen LogP) is 4.15. The Bertz CT molecular complexity index is 1520. The van der Waals surface area contributed by atoms with Crippen molar-refractivity contribution in [2.45, 2.75) is 25.2 Å². The number of benzene rings is 2. The SMILES string of the molecule is COC(=O)c1ccc(-c2ncc3c(n2)[C@@]2(c4cccc(C(=O)O)c4)C=C(C#N)C(=O)[C@@H](C)[C@@H]2CC3)cc1. The van der Waals surface area contributed by atoms with E-state index in [1.165, 1.54) is 13.2 Å². The third-order valence-corrected chi connectivity index (χ3v) is 7.49. The average Bonchev–Trinajstić information content (AvgIpc) is 2.94. The summed E-state index contributed by atoms with van der Waals surface area (Å²) in [5.74, 6) is -2.00. The van der Waals surface area contributed by atoms with E-state index in [9.17, 15) is 24.8 Å². The quantitative estimate of drug-likeness (QED) is 0.537. The van der Waals surface area contributed by atoms with Gasteiger partial charge in [0.1, 0.15) is 6.07 Å². The second-order valence-electron chi connectivity index (χ2n) is 9.36. The molecule has 2 aliphatic carbocycles. The zero-order valence-electron chi connectivity index (χ0n) is 20.3. The van der Waals surface area contributed by atoms with Crippen LogP contribution >= 0.6 is 0 Å². The highest BCUT2D eigenvalue weighted by Gasteiger charge is 2.53. The molecule has 2 aromatic carbocycles. The molecule has 8 nitrogen and oxygen atoms in total. The Balaban J connectivity index is 1.76. The molecule has 0 spiro atoms. The van der Waals surface area contributed by atoms with Gasteiger partial charge in [0.2, 0.25) is 0 Å². The molecule has 37 heavy (non-hydrogen) atoms. The van der Waals surface area contributed by atoms with Crippen LogP contribution in [0.25, 0.3) is 11.4 Å². The van der Waals surface area contributed by atoms with E-state index >= 15 is 0 Å². The van der Waals surface area contributed by atoms with Crippen molar-refractivity contribution in [2.24, 2.45) is 11.8 Å². The van der Waals surface area contributed by atoms with E-state index in [1.54, 1.807) is 48.7 Å². The summed E-state index contributed by atoms with van der Waals surface area (Å²) in [6.45, 7) is 1.83. The number of carbonyl (C=O) groups is 3. The number of esters is 1. The molecule has 1 heterocycles. The number of aromatic nitrogens is 2. The van der Waals surface area contributed by atoms with E-state index in [2.05, 4.69) is 11.1 Å². The van der Waals surface area contributed by atoms with Crippen LogP contribution in [-0.2, 0) is 21.4 Å². The lowest BCUT2D eigenvalue weighted by Gasteiger charge is -2.48. The van der Waals surface area contributed by atoms with Gasteiger partial charge in [-0.05, 0) is 60.2 Å². The zero-order valence-corrected chi connectivity index (χ0v) is 20.3. The Kier molecular flexibility index (Phi) is 5.92. The Hall–Kier alpha value is -4.64. The number of hydrogen-bond acceptors (Lipinski definition) is 7. The first-order chi connectivity index (χ1) is 17.8. The highest BCUT2D eigenvalue weighted by molar-refractivity contribution is 6.02. The molecule has 0 fully saturated rings. The molecule has 0 saturated heterocycles. The highest BCUT2D eigenvalue weighted by atomic mass is 16.5. The number of rotatable bonds is 4. The fraction of sp³-hybridized carbons (Fsp3) is 0.241. The molecule has 2 aliphatic rings. The van der Waals surface area contributed by atoms with Gasteiger partial charge in [0, 0.05) is 17.7 Å². The van der Waals surface area contributed by atoms with Gasteiger partial charge < -0.3 is 9.84 Å². The highest BCUT2D eigenvalue weighted by Crippen LogP contribution is 2.53. The Morgan fingerprint density at radius 3 is 2.59 bits per heavy atom. The lowest BCUT2D eigenvalue weighted by Crippen LogP contribution is -2.48. The van der Waals surface area contributed by atoms with E-state index in [1.807, 2.05) is 13.0 Å². The van der Waals surface area contributed by atoms with Crippen molar-refractivity contribution in [3.05, 3.63) is 94.3 Å². The molecule has 3 aromatic rings. The molecule has 0 amide bonds. The molecular formula is C29H23N3O5. The van der Waals surface area contributed by atoms with E-state index in [-0.39, 0.29) is 22.8 Å². The number of methoxy groups -OCH3 is 1. The molecule has 3 atom stereocenters. The minimum absolute atomic E-state index is 0.0416. The summed E-state index contributed by atoms with van der Waals surface area (Å²) in [5.41, 5.74) is 2.44. The van der Waals surface area contributed by atoms with E-state index in [0.29, 0.717) is 41.1 Å². The average molecular weight is 494 g/mol. The van der Waals surface area contributed by atoms with E-state index < -0.39 is 23.3 Å². The lowest BCUT2D eigenvalue weighted by molar-refractivity contribution is -0.121. The number of nitrogens with zero attached hydrogens (tertiary/aromatic N) is 3. The first-order valence-electron chi connectivity index (χ1n) is 11.9. The molecule has 0 aliphatic heterocycles. The van der Waals surface area contributed by atoms with Crippen LogP contribution in [0.2, 0.25) is 0 Å². The van der Waals surface area contributed by atoms with Crippen molar-refractivity contribution in [1.29, 1.82) is 5.26 Å². The molecule has 1 N–H and O–H groups in total. The summed E-state index contributed by atoms with van der Waals surface area (Å²) < 4.78 is 4.77. The smallest absolute Gasteiger partial charge is 0.337 e. The minimum Gasteiger partial charge on any atom is -0.478 e. The summed E-state index contributed by atoms with van der Waals surface area (Å²) in [4.78, 5) is 46.2. The maximum atomic E-state index is 13.0. The number of aromatic carboxylic acids is 1. The molecular weight excluding hydrogens is 470 g/mol. The maximum absolute atomic E-state index is 13.0. The van der Waals surface area contributed by atoms with Gasteiger partial charge in [-0.3, -0.25) is 4.79 Å². The van der Waals surface area contributed by atoms with Crippen LogP contribution in [-0.4, -0.2) is 39.9 Å². The van der Waals surface area contributed by atoms with Gasteiger partial charge in [-0.1, -0.05) is 31.2 Å². The molecule has 1 aromatic heterocycles. The van der Waals surface area contributed by atoms with Crippen molar-refractivity contribution in [1.82, 2.24) is 9.97 Å². The molecule has 8 heteroatoms. The normalized spacial score (nSPS) is 22.2. The number of fused-ring (bicyclic) bond motifs is 3. The number of aryl methyl sites for hydroxylation is 1. The number of Topliss-reactive ketones (excluding diaryl/α,β-unsaturated/α-hetero) is 1. The van der Waals surface area contributed by atoms with Gasteiger partial charge in [-0.15, -0.1) is 0 Å². The van der Waals surface area contributed by atoms with Gasteiger partial charge in [0.05, 0.1) is 34.9 Å². The zero-order chi connectivity index (χ0) is 26.3. The fourth-order valence-electron chi connectivity index (χ4n) is 5.65. The summed E-state index contributed by atoms with van der Waals surface area (Å²) in [6.07, 6.45) is 4.74. The second kappa shape index (κ2) is 9.10. The summed E-state index contributed by atoms with van der Waals surface area (Å²) in [5, 5.41) is 19.5. The first-order valence-corrected chi connectivity index (χ1v) is 11.9. The largest absolute Gasteiger partial charge is 0.478 e. The molecule has 0 saturated carbocycles. The molecule has 0 radical (unpaired) electrons. The van der Waals surface area contributed by atoms with Crippen LogP contribution in [0, 0.1) is 23.2 Å². The van der Waals surface area contributed by atoms with Crippen molar-refractivity contribution in [2.75, 3.05) is 7.11 Å².